The molecule has 1 amide bonds. The van der Waals surface area contributed by atoms with Crippen LogP contribution in [0.1, 0.15) is 30.2 Å². The number of rotatable bonds is 7. The number of carbonyl (C=O) groups excluding carboxylic acids is 1. The minimum Gasteiger partial charge on any atom is -0.486 e. The molecule has 4 rings (SSSR count). The number of nitrogens with zero attached hydrogens (tertiary/aromatic N) is 2. The molecular formula is C26H24ClF3N4O4S. The highest BCUT2D eigenvalue weighted by molar-refractivity contribution is 7.92. The molecule has 0 spiro atoms. The molecule has 8 nitrogen and oxygen atoms in total. The van der Waals surface area contributed by atoms with Gasteiger partial charge in [-0.25, -0.2) is 14.3 Å². The molecule has 3 aromatic rings. The van der Waals surface area contributed by atoms with Gasteiger partial charge in [0, 0.05) is 12.1 Å². The Morgan fingerprint density at radius 2 is 2.00 bits per heavy atom. The van der Waals surface area contributed by atoms with Gasteiger partial charge in [0.2, 0.25) is 5.91 Å². The van der Waals surface area contributed by atoms with Crippen LogP contribution in [0.15, 0.2) is 65.7 Å². The second kappa shape index (κ2) is 11.2. The number of alkyl halides is 3. The van der Waals surface area contributed by atoms with Crippen LogP contribution in [0.3, 0.4) is 0 Å². The van der Waals surface area contributed by atoms with Gasteiger partial charge >= 0.3 is 6.18 Å². The van der Waals surface area contributed by atoms with Gasteiger partial charge in [0.1, 0.15) is 11.9 Å². The Balaban J connectivity index is 1.76. The molecule has 0 bridgehead atoms. The number of hydrogen-bond donors (Lipinski definition) is 2. The number of nitrogens with one attached hydrogen (secondary N) is 1. The highest BCUT2D eigenvalue weighted by Gasteiger charge is 2.37. The zero-order valence-electron chi connectivity index (χ0n) is 20.5. The third-order valence-electron chi connectivity index (χ3n) is 6.09. The van der Waals surface area contributed by atoms with Crippen LogP contribution in [0.5, 0.6) is 5.75 Å². The van der Waals surface area contributed by atoms with Gasteiger partial charge in [0.15, 0.2) is 0 Å². The quantitative estimate of drug-likeness (QED) is 0.233. The zero-order chi connectivity index (χ0) is 28.4. The van der Waals surface area contributed by atoms with Crippen molar-refractivity contribution in [3.8, 4) is 5.75 Å². The molecule has 2 heterocycles. The van der Waals surface area contributed by atoms with Crippen molar-refractivity contribution in [1.82, 2.24) is 10.4 Å². The number of amides is 1. The number of nitrogens with two attached hydrogens (primary N) is 1. The van der Waals surface area contributed by atoms with Crippen LogP contribution in [0.25, 0.3) is 12.2 Å². The first-order valence-corrected chi connectivity index (χ1v) is 13.5. The molecule has 0 saturated carbocycles. The largest absolute Gasteiger partial charge is 0.486 e. The predicted octanol–water partition coefficient (Wildman–Crippen LogP) is 4.90. The SMILES string of the molecule is C[C@@H](CC1CN(S(=O)(=O)c2cccc(C(F)(F)F)c2)c2cc(/C=C/c3ncccc3Cl)ccc2O1)C(=O)NN. The number of hydrazine groups is 1. The van der Waals surface area contributed by atoms with Crippen molar-refractivity contribution >= 4 is 45.4 Å². The molecule has 0 fully saturated rings. The summed E-state index contributed by atoms with van der Waals surface area (Å²) in [6.45, 7) is 1.36. The van der Waals surface area contributed by atoms with Gasteiger partial charge in [-0.2, -0.15) is 13.2 Å². The molecule has 1 aliphatic rings. The van der Waals surface area contributed by atoms with E-state index in [0.29, 0.717) is 22.3 Å². The second-order valence-corrected chi connectivity index (χ2v) is 11.1. The third-order valence-corrected chi connectivity index (χ3v) is 8.19. The zero-order valence-corrected chi connectivity index (χ0v) is 22.1. The lowest BCUT2D eigenvalue weighted by Gasteiger charge is -2.36. The van der Waals surface area contributed by atoms with Crippen molar-refractivity contribution in [2.75, 3.05) is 10.8 Å². The average Bonchev–Trinajstić information content (AvgIpc) is 2.91. The first-order valence-electron chi connectivity index (χ1n) is 11.7. The molecule has 0 saturated heterocycles. The average molecular weight is 581 g/mol. The second-order valence-electron chi connectivity index (χ2n) is 8.88. The van der Waals surface area contributed by atoms with Crippen LogP contribution in [0, 0.1) is 5.92 Å². The van der Waals surface area contributed by atoms with Gasteiger partial charge in [-0.1, -0.05) is 36.7 Å². The van der Waals surface area contributed by atoms with E-state index < -0.39 is 44.6 Å². The molecule has 13 heteroatoms. The summed E-state index contributed by atoms with van der Waals surface area (Å²) >= 11 is 6.15. The molecular weight excluding hydrogens is 557 g/mol. The fraction of sp³-hybridized carbons (Fsp3) is 0.231. The van der Waals surface area contributed by atoms with Gasteiger partial charge in [0.25, 0.3) is 10.0 Å². The smallest absolute Gasteiger partial charge is 0.416 e. The number of anilines is 1. The Bertz CT molecular complexity index is 1520. The predicted molar refractivity (Wildman–Crippen MR) is 141 cm³/mol. The number of aromatic nitrogens is 1. The first-order chi connectivity index (χ1) is 18.4. The summed E-state index contributed by atoms with van der Waals surface area (Å²) in [6.07, 6.45) is -0.511. The van der Waals surface area contributed by atoms with Crippen LogP contribution >= 0.6 is 11.6 Å². The molecule has 39 heavy (non-hydrogen) atoms. The maximum absolute atomic E-state index is 13.7. The normalized spacial score (nSPS) is 16.5. The van der Waals surface area contributed by atoms with E-state index in [-0.39, 0.29) is 24.4 Å². The monoisotopic (exact) mass is 580 g/mol. The maximum atomic E-state index is 13.7. The number of fused-ring (bicyclic) bond motifs is 1. The highest BCUT2D eigenvalue weighted by atomic mass is 35.5. The van der Waals surface area contributed by atoms with E-state index in [1.807, 2.05) is 5.43 Å². The molecule has 2 atom stereocenters. The summed E-state index contributed by atoms with van der Waals surface area (Å²) in [4.78, 5) is 15.6. The van der Waals surface area contributed by atoms with Crippen molar-refractivity contribution in [3.63, 3.8) is 0 Å². The van der Waals surface area contributed by atoms with Crippen LogP contribution in [-0.2, 0) is 21.0 Å². The topological polar surface area (TPSA) is 115 Å². The van der Waals surface area contributed by atoms with Crippen LogP contribution in [0.2, 0.25) is 5.02 Å². The summed E-state index contributed by atoms with van der Waals surface area (Å²) in [5.74, 6) is 4.32. The Labute approximate surface area is 228 Å². The summed E-state index contributed by atoms with van der Waals surface area (Å²) < 4.78 is 74.6. The van der Waals surface area contributed by atoms with E-state index in [0.717, 1.165) is 22.5 Å². The fourth-order valence-corrected chi connectivity index (χ4v) is 5.81. The summed E-state index contributed by atoms with van der Waals surface area (Å²) in [7, 11) is -4.47. The molecule has 1 aliphatic heterocycles. The van der Waals surface area contributed by atoms with Gasteiger partial charge in [-0.05, 0) is 60.5 Å². The number of benzene rings is 2. The molecule has 0 radical (unpaired) electrons. The van der Waals surface area contributed by atoms with E-state index in [9.17, 15) is 26.4 Å². The van der Waals surface area contributed by atoms with Crippen molar-refractivity contribution in [2.24, 2.45) is 11.8 Å². The van der Waals surface area contributed by atoms with Crippen molar-refractivity contribution in [3.05, 3.63) is 82.6 Å². The number of pyridine rings is 1. The van der Waals surface area contributed by atoms with Crippen molar-refractivity contribution in [2.45, 2.75) is 30.5 Å². The molecule has 3 N–H and O–H groups in total. The lowest BCUT2D eigenvalue weighted by Crippen LogP contribution is -2.45. The van der Waals surface area contributed by atoms with E-state index in [1.54, 1.807) is 55.6 Å². The maximum Gasteiger partial charge on any atom is 0.416 e. The molecule has 2 aromatic carbocycles. The molecule has 0 aliphatic carbocycles. The number of ether oxygens (including phenoxy) is 1. The fourth-order valence-electron chi connectivity index (χ4n) is 4.08. The number of halogens is 4. The van der Waals surface area contributed by atoms with Gasteiger partial charge in [-0.15, -0.1) is 0 Å². The Hall–Kier alpha value is -3.61. The van der Waals surface area contributed by atoms with E-state index in [1.165, 1.54) is 0 Å². The minimum atomic E-state index is -4.73. The van der Waals surface area contributed by atoms with E-state index in [4.69, 9.17) is 22.2 Å². The van der Waals surface area contributed by atoms with Crippen LogP contribution in [-0.4, -0.2) is 32.0 Å². The molecule has 206 valence electrons. The number of carbonyl (C=O) groups is 1. The summed E-state index contributed by atoms with van der Waals surface area (Å²) in [5.41, 5.74) is 2.15. The first kappa shape index (κ1) is 28.4. The van der Waals surface area contributed by atoms with Crippen molar-refractivity contribution in [1.29, 1.82) is 0 Å². The standard InChI is InChI=1S/C26H24ClF3N4O4S/c1-16(25(35)33-31)12-19-15-34(39(36,37)20-5-2-4-18(14-20)26(28,29)30)23-13-17(8-10-24(23)38-19)7-9-22-21(27)6-3-11-32-22/h2-11,13-14,16,19H,12,15,31H2,1H3,(H,33,35)/b9-7+/t16-,19?/m0/s1. The lowest BCUT2D eigenvalue weighted by atomic mass is 10.0. The number of hydrogen-bond acceptors (Lipinski definition) is 6. The minimum absolute atomic E-state index is 0.108. The third kappa shape index (κ3) is 6.35. The van der Waals surface area contributed by atoms with E-state index >= 15 is 0 Å². The van der Waals surface area contributed by atoms with Gasteiger partial charge in [0.05, 0.1) is 33.4 Å². The van der Waals surface area contributed by atoms with E-state index in [2.05, 4.69) is 4.98 Å². The lowest BCUT2D eigenvalue weighted by molar-refractivity contribution is -0.137. The number of sulfonamides is 1. The Morgan fingerprint density at radius 3 is 2.69 bits per heavy atom. The molecule has 1 unspecified atom stereocenters. The van der Waals surface area contributed by atoms with Gasteiger partial charge in [-0.3, -0.25) is 19.5 Å². The summed E-state index contributed by atoms with van der Waals surface area (Å²) in [6, 6.07) is 11.7. The van der Waals surface area contributed by atoms with Crippen molar-refractivity contribution < 1.29 is 31.1 Å². The van der Waals surface area contributed by atoms with Crippen LogP contribution < -0.4 is 20.3 Å². The molecule has 1 aromatic heterocycles. The van der Waals surface area contributed by atoms with Crippen LogP contribution in [0.4, 0.5) is 18.9 Å². The van der Waals surface area contributed by atoms with Gasteiger partial charge < -0.3 is 4.74 Å². The Kier molecular flexibility index (Phi) is 8.19. The highest BCUT2D eigenvalue weighted by Crippen LogP contribution is 2.40. The summed E-state index contributed by atoms with van der Waals surface area (Å²) in [5, 5.41) is 0.419. The Morgan fingerprint density at radius 1 is 1.23 bits per heavy atom.